The maximum absolute atomic E-state index is 12.4. The molecule has 2 aromatic rings. The van der Waals surface area contributed by atoms with Gasteiger partial charge in [0.1, 0.15) is 0 Å². The standard InChI is InChI=1S/C18H21BN2O4/c1-13-6-5-9-15(10-13)16(11-17(22)20-12-19(24)25)21-18(23)14-7-3-2-4-8-14/h2-10,16,24-25H,11-12H2,1H3,(H,20,22)(H,21,23). The van der Waals surface area contributed by atoms with Crippen LogP contribution in [0.25, 0.3) is 0 Å². The van der Waals surface area contributed by atoms with E-state index in [1.165, 1.54) is 0 Å². The van der Waals surface area contributed by atoms with E-state index in [1.54, 1.807) is 24.3 Å². The Hall–Kier alpha value is -2.64. The molecule has 25 heavy (non-hydrogen) atoms. The number of hydrogen-bond acceptors (Lipinski definition) is 4. The fraction of sp³-hybridized carbons (Fsp3) is 0.222. The van der Waals surface area contributed by atoms with E-state index in [0.29, 0.717) is 5.56 Å². The molecule has 6 nitrogen and oxygen atoms in total. The molecule has 4 N–H and O–H groups in total. The van der Waals surface area contributed by atoms with Crippen molar-refractivity contribution in [2.45, 2.75) is 19.4 Å². The Labute approximate surface area is 147 Å². The fourth-order valence-corrected chi connectivity index (χ4v) is 2.43. The minimum absolute atomic E-state index is 0.00521. The van der Waals surface area contributed by atoms with Crippen molar-refractivity contribution in [1.29, 1.82) is 0 Å². The van der Waals surface area contributed by atoms with Crippen LogP contribution < -0.4 is 10.6 Å². The molecule has 0 radical (unpaired) electrons. The van der Waals surface area contributed by atoms with Gasteiger partial charge >= 0.3 is 7.12 Å². The summed E-state index contributed by atoms with van der Waals surface area (Å²) in [5.74, 6) is -0.657. The van der Waals surface area contributed by atoms with E-state index in [1.807, 2.05) is 37.3 Å². The molecule has 0 fully saturated rings. The molecular weight excluding hydrogens is 319 g/mol. The minimum Gasteiger partial charge on any atom is -0.426 e. The molecule has 0 bridgehead atoms. The fourth-order valence-electron chi connectivity index (χ4n) is 2.43. The first-order chi connectivity index (χ1) is 12.0. The number of nitrogens with one attached hydrogen (secondary N) is 2. The molecule has 7 heteroatoms. The van der Waals surface area contributed by atoms with Crippen LogP contribution in [0.2, 0.25) is 0 Å². The Balaban J connectivity index is 2.14. The van der Waals surface area contributed by atoms with Crippen molar-refractivity contribution in [1.82, 2.24) is 10.6 Å². The predicted octanol–water partition coefficient (Wildman–Crippen LogP) is 0.984. The van der Waals surface area contributed by atoms with Gasteiger partial charge in [0.2, 0.25) is 5.91 Å². The van der Waals surface area contributed by atoms with E-state index in [2.05, 4.69) is 10.6 Å². The predicted molar refractivity (Wildman–Crippen MR) is 95.6 cm³/mol. The van der Waals surface area contributed by atoms with Gasteiger partial charge in [-0.1, -0.05) is 48.0 Å². The first-order valence-electron chi connectivity index (χ1n) is 8.01. The van der Waals surface area contributed by atoms with Gasteiger partial charge in [-0.25, -0.2) is 0 Å². The van der Waals surface area contributed by atoms with E-state index < -0.39 is 13.2 Å². The lowest BCUT2D eigenvalue weighted by Gasteiger charge is -2.19. The molecule has 0 heterocycles. The third-order valence-electron chi connectivity index (χ3n) is 3.66. The van der Waals surface area contributed by atoms with Crippen LogP contribution in [0.4, 0.5) is 0 Å². The zero-order chi connectivity index (χ0) is 18.2. The number of rotatable bonds is 7. The van der Waals surface area contributed by atoms with Gasteiger partial charge in [0.05, 0.1) is 18.9 Å². The molecule has 0 spiro atoms. The lowest BCUT2D eigenvalue weighted by molar-refractivity contribution is -0.121. The van der Waals surface area contributed by atoms with Gasteiger partial charge in [-0.15, -0.1) is 0 Å². The van der Waals surface area contributed by atoms with Crippen molar-refractivity contribution in [3.05, 3.63) is 71.3 Å². The summed E-state index contributed by atoms with van der Waals surface area (Å²) in [7, 11) is -1.61. The zero-order valence-electron chi connectivity index (χ0n) is 14.0. The van der Waals surface area contributed by atoms with Gasteiger partial charge < -0.3 is 20.7 Å². The second-order valence-electron chi connectivity index (χ2n) is 5.80. The molecule has 0 aromatic heterocycles. The van der Waals surface area contributed by atoms with E-state index in [0.717, 1.165) is 11.1 Å². The maximum atomic E-state index is 12.4. The summed E-state index contributed by atoms with van der Waals surface area (Å²) in [6, 6.07) is 15.8. The van der Waals surface area contributed by atoms with Gasteiger partial charge in [0.15, 0.2) is 0 Å². The van der Waals surface area contributed by atoms with E-state index >= 15 is 0 Å². The highest BCUT2D eigenvalue weighted by atomic mass is 16.4. The molecular formula is C18H21BN2O4. The van der Waals surface area contributed by atoms with Gasteiger partial charge in [0, 0.05) is 5.56 Å². The topological polar surface area (TPSA) is 98.7 Å². The highest BCUT2D eigenvalue weighted by Crippen LogP contribution is 2.19. The summed E-state index contributed by atoms with van der Waals surface area (Å²) in [6.45, 7) is 1.93. The molecule has 1 atom stereocenters. The first kappa shape index (κ1) is 18.7. The van der Waals surface area contributed by atoms with Crippen LogP contribution in [0.1, 0.15) is 33.9 Å². The molecule has 0 aliphatic heterocycles. The summed E-state index contributed by atoms with van der Waals surface area (Å²) in [5.41, 5.74) is 2.33. The average molecular weight is 340 g/mol. The third-order valence-corrected chi connectivity index (χ3v) is 3.66. The largest absolute Gasteiger partial charge is 0.472 e. The van der Waals surface area contributed by atoms with Crippen LogP contribution in [0.15, 0.2) is 54.6 Å². The van der Waals surface area contributed by atoms with Gasteiger partial charge in [-0.05, 0) is 24.6 Å². The summed E-state index contributed by atoms with van der Waals surface area (Å²) in [4.78, 5) is 24.5. The van der Waals surface area contributed by atoms with Crippen LogP contribution in [0.5, 0.6) is 0 Å². The van der Waals surface area contributed by atoms with E-state index in [9.17, 15) is 9.59 Å². The normalized spacial score (nSPS) is 11.5. The van der Waals surface area contributed by atoms with Crippen molar-refractivity contribution < 1.29 is 19.6 Å². The monoisotopic (exact) mass is 340 g/mol. The highest BCUT2D eigenvalue weighted by Gasteiger charge is 2.20. The number of benzene rings is 2. The Morgan fingerprint density at radius 1 is 1.08 bits per heavy atom. The number of carbonyl (C=O) groups excluding carboxylic acids is 2. The van der Waals surface area contributed by atoms with Crippen molar-refractivity contribution in [3.8, 4) is 0 Å². The SMILES string of the molecule is Cc1cccc(C(CC(=O)NCB(O)O)NC(=O)c2ccccc2)c1. The summed E-state index contributed by atoms with van der Waals surface area (Å²) in [6.07, 6.45) is -0.263. The summed E-state index contributed by atoms with van der Waals surface area (Å²) in [5, 5.41) is 23.0. The van der Waals surface area contributed by atoms with Crippen LogP contribution in [0.3, 0.4) is 0 Å². The Morgan fingerprint density at radius 3 is 2.44 bits per heavy atom. The highest BCUT2D eigenvalue weighted by molar-refractivity contribution is 6.41. The minimum atomic E-state index is -1.61. The number of aryl methyl sites for hydroxylation is 1. The molecule has 0 aliphatic rings. The lowest BCUT2D eigenvalue weighted by Crippen LogP contribution is -2.38. The molecule has 2 rings (SSSR count). The smallest absolute Gasteiger partial charge is 0.426 e. The number of carbonyl (C=O) groups is 2. The Morgan fingerprint density at radius 2 is 1.80 bits per heavy atom. The molecule has 2 aromatic carbocycles. The van der Waals surface area contributed by atoms with Crippen molar-refractivity contribution in [2.75, 3.05) is 6.44 Å². The summed E-state index contributed by atoms with van der Waals surface area (Å²) >= 11 is 0. The zero-order valence-corrected chi connectivity index (χ0v) is 14.0. The molecule has 2 amide bonds. The van der Waals surface area contributed by atoms with E-state index in [-0.39, 0.29) is 24.7 Å². The third kappa shape index (κ3) is 6.06. The van der Waals surface area contributed by atoms with Crippen LogP contribution >= 0.6 is 0 Å². The molecule has 0 saturated heterocycles. The quantitative estimate of drug-likeness (QED) is 0.565. The van der Waals surface area contributed by atoms with Crippen molar-refractivity contribution >= 4 is 18.9 Å². The average Bonchev–Trinajstić information content (AvgIpc) is 2.60. The molecule has 1 unspecified atom stereocenters. The Bertz CT molecular complexity index is 722. The van der Waals surface area contributed by atoms with E-state index in [4.69, 9.17) is 10.0 Å². The number of amides is 2. The molecule has 0 aliphatic carbocycles. The summed E-state index contributed by atoms with van der Waals surface area (Å²) < 4.78 is 0. The van der Waals surface area contributed by atoms with Crippen LogP contribution in [0, 0.1) is 6.92 Å². The molecule has 0 saturated carbocycles. The van der Waals surface area contributed by atoms with Gasteiger partial charge in [-0.2, -0.15) is 0 Å². The van der Waals surface area contributed by atoms with Crippen molar-refractivity contribution in [3.63, 3.8) is 0 Å². The van der Waals surface area contributed by atoms with Crippen molar-refractivity contribution in [2.24, 2.45) is 0 Å². The Kier molecular flexibility index (Phi) is 6.74. The van der Waals surface area contributed by atoms with Crippen LogP contribution in [-0.4, -0.2) is 35.4 Å². The van der Waals surface area contributed by atoms with Gasteiger partial charge in [-0.3, -0.25) is 9.59 Å². The number of hydrogen-bond donors (Lipinski definition) is 4. The maximum Gasteiger partial charge on any atom is 0.472 e. The second kappa shape index (κ2) is 9.01. The molecule has 130 valence electrons. The van der Waals surface area contributed by atoms with Gasteiger partial charge in [0.25, 0.3) is 5.91 Å². The lowest BCUT2D eigenvalue weighted by atomic mass is 9.92. The second-order valence-corrected chi connectivity index (χ2v) is 5.80. The van der Waals surface area contributed by atoms with Crippen LogP contribution in [-0.2, 0) is 4.79 Å². The first-order valence-corrected chi connectivity index (χ1v) is 8.01.